The Hall–Kier alpha value is -2.49. The van der Waals surface area contributed by atoms with E-state index in [0.29, 0.717) is 6.54 Å². The second-order valence-corrected chi connectivity index (χ2v) is 12.0. The SMILES string of the molecule is C[C@@H]1CN([C@@H](C)CO)S(=O)(=O)c2ccc(-c3ccncc3)cc2O[C@@H]1CN(C)C(=O)C1CCCCC1. The molecule has 0 radical (unpaired) electrons. The highest BCUT2D eigenvalue weighted by atomic mass is 32.2. The monoisotopic (exact) mass is 515 g/mol. The van der Waals surface area contributed by atoms with Crippen LogP contribution < -0.4 is 4.74 Å². The Morgan fingerprint density at radius 2 is 1.86 bits per heavy atom. The van der Waals surface area contributed by atoms with Crippen LogP contribution in [0.2, 0.25) is 0 Å². The minimum Gasteiger partial charge on any atom is -0.487 e. The number of ether oxygens (including phenoxy) is 1. The first-order valence-electron chi connectivity index (χ1n) is 12.8. The summed E-state index contributed by atoms with van der Waals surface area (Å²) in [7, 11) is -2.11. The molecule has 9 heteroatoms. The number of amides is 1. The van der Waals surface area contributed by atoms with Crippen LogP contribution in [0, 0.1) is 11.8 Å². The van der Waals surface area contributed by atoms with Crippen molar-refractivity contribution in [3.63, 3.8) is 0 Å². The molecule has 0 bridgehead atoms. The molecule has 3 atom stereocenters. The van der Waals surface area contributed by atoms with Gasteiger partial charge < -0.3 is 14.7 Å². The summed E-state index contributed by atoms with van der Waals surface area (Å²) < 4.78 is 35.2. The number of aromatic nitrogens is 1. The van der Waals surface area contributed by atoms with Crippen LogP contribution in [-0.4, -0.2) is 72.5 Å². The largest absolute Gasteiger partial charge is 0.487 e. The van der Waals surface area contributed by atoms with E-state index in [2.05, 4.69) is 4.98 Å². The Bertz CT molecular complexity index is 1150. The van der Waals surface area contributed by atoms with E-state index in [9.17, 15) is 18.3 Å². The summed E-state index contributed by atoms with van der Waals surface area (Å²) in [5.74, 6) is 0.221. The van der Waals surface area contributed by atoms with E-state index in [1.807, 2.05) is 26.1 Å². The lowest BCUT2D eigenvalue weighted by Crippen LogP contribution is -2.50. The van der Waals surface area contributed by atoms with E-state index in [0.717, 1.165) is 36.8 Å². The molecule has 1 N–H and O–H groups in total. The first-order valence-corrected chi connectivity index (χ1v) is 14.2. The van der Waals surface area contributed by atoms with Gasteiger partial charge in [0.05, 0.1) is 13.2 Å². The van der Waals surface area contributed by atoms with Crippen LogP contribution in [0.15, 0.2) is 47.6 Å². The molecule has 36 heavy (non-hydrogen) atoms. The number of rotatable bonds is 6. The molecule has 1 aliphatic carbocycles. The van der Waals surface area contributed by atoms with Gasteiger partial charge in [-0.05, 0) is 55.2 Å². The van der Waals surface area contributed by atoms with Gasteiger partial charge in [-0.2, -0.15) is 4.31 Å². The first kappa shape index (κ1) is 26.6. The molecule has 1 aromatic carbocycles. The summed E-state index contributed by atoms with van der Waals surface area (Å²) in [5.41, 5.74) is 1.71. The fourth-order valence-electron chi connectivity index (χ4n) is 5.19. The number of likely N-dealkylation sites (N-methyl/N-ethyl adjacent to an activating group) is 1. The molecule has 0 unspecified atom stereocenters. The van der Waals surface area contributed by atoms with Crippen LogP contribution in [0.5, 0.6) is 5.75 Å². The minimum absolute atomic E-state index is 0.0458. The zero-order valence-corrected chi connectivity index (χ0v) is 22.2. The number of carbonyl (C=O) groups excluding carboxylic acids is 1. The van der Waals surface area contributed by atoms with Crippen molar-refractivity contribution >= 4 is 15.9 Å². The van der Waals surface area contributed by atoms with Crippen molar-refractivity contribution in [2.24, 2.45) is 11.8 Å². The third kappa shape index (κ3) is 5.58. The number of aliphatic hydroxyl groups is 1. The molecule has 196 valence electrons. The molecule has 1 aliphatic heterocycles. The van der Waals surface area contributed by atoms with Gasteiger partial charge in [-0.25, -0.2) is 8.42 Å². The summed E-state index contributed by atoms with van der Waals surface area (Å²) in [6.45, 7) is 3.89. The van der Waals surface area contributed by atoms with Gasteiger partial charge in [-0.15, -0.1) is 0 Å². The van der Waals surface area contributed by atoms with E-state index in [-0.39, 0.29) is 41.5 Å². The number of hydrogen-bond donors (Lipinski definition) is 1. The minimum atomic E-state index is -3.92. The predicted molar refractivity (Wildman–Crippen MR) is 138 cm³/mol. The molecule has 1 aromatic heterocycles. The number of sulfonamides is 1. The Kier molecular flexibility index (Phi) is 8.32. The summed E-state index contributed by atoms with van der Waals surface area (Å²) >= 11 is 0. The molecule has 0 spiro atoms. The van der Waals surface area contributed by atoms with E-state index >= 15 is 0 Å². The van der Waals surface area contributed by atoms with Gasteiger partial charge in [-0.3, -0.25) is 9.78 Å². The van der Waals surface area contributed by atoms with Gasteiger partial charge in [-0.1, -0.05) is 32.3 Å². The average molecular weight is 516 g/mol. The van der Waals surface area contributed by atoms with Gasteiger partial charge in [0.15, 0.2) is 0 Å². The van der Waals surface area contributed by atoms with Gasteiger partial charge in [0.2, 0.25) is 15.9 Å². The summed E-state index contributed by atoms with van der Waals surface area (Å²) in [5, 5.41) is 9.84. The second-order valence-electron chi connectivity index (χ2n) is 10.2. The van der Waals surface area contributed by atoms with Crippen molar-refractivity contribution < 1.29 is 23.1 Å². The van der Waals surface area contributed by atoms with E-state index in [1.54, 1.807) is 42.4 Å². The molecule has 1 fully saturated rings. The van der Waals surface area contributed by atoms with Crippen molar-refractivity contribution in [1.29, 1.82) is 0 Å². The summed E-state index contributed by atoms with van der Waals surface area (Å²) in [4.78, 5) is 19.0. The zero-order chi connectivity index (χ0) is 25.9. The highest BCUT2D eigenvalue weighted by molar-refractivity contribution is 7.89. The topological polar surface area (TPSA) is 100 Å². The van der Waals surface area contributed by atoms with Crippen LogP contribution in [0.25, 0.3) is 11.1 Å². The molecular weight excluding hydrogens is 478 g/mol. The van der Waals surface area contributed by atoms with Crippen LogP contribution >= 0.6 is 0 Å². The van der Waals surface area contributed by atoms with Crippen molar-refractivity contribution in [1.82, 2.24) is 14.2 Å². The number of nitrogens with zero attached hydrogens (tertiary/aromatic N) is 3. The number of pyridine rings is 1. The quantitative estimate of drug-likeness (QED) is 0.632. The lowest BCUT2D eigenvalue weighted by molar-refractivity contribution is -0.136. The number of aliphatic hydroxyl groups excluding tert-OH is 1. The second kappa shape index (κ2) is 11.3. The predicted octanol–water partition coefficient (Wildman–Crippen LogP) is 3.56. The van der Waals surface area contributed by atoms with Crippen molar-refractivity contribution in [2.45, 2.75) is 63.0 Å². The number of benzene rings is 1. The Balaban J connectivity index is 1.70. The number of hydrogen-bond acceptors (Lipinski definition) is 6. The molecule has 2 aliphatic rings. The standard InChI is InChI=1S/C27H37N3O5S/c1-19-16-30(20(2)18-31)36(33,34)26-10-9-23(21-11-13-28-14-12-21)15-24(26)35-25(19)17-29(3)27(32)22-7-5-4-6-8-22/h9-15,19-20,22,25,31H,4-8,16-18H2,1-3H3/t19-,20+,25-/m1/s1. The number of fused-ring (bicyclic) bond motifs is 1. The fourth-order valence-corrected chi connectivity index (χ4v) is 7.01. The summed E-state index contributed by atoms with van der Waals surface area (Å²) in [6.07, 6.45) is 8.13. The normalized spacial score (nSPS) is 23.6. The van der Waals surface area contributed by atoms with Gasteiger partial charge in [0.25, 0.3) is 0 Å². The molecule has 1 saturated carbocycles. The Morgan fingerprint density at radius 1 is 1.17 bits per heavy atom. The molecule has 2 heterocycles. The third-order valence-corrected chi connectivity index (χ3v) is 9.48. The molecule has 0 saturated heterocycles. The molecule has 2 aromatic rings. The van der Waals surface area contributed by atoms with Crippen LogP contribution in [0.3, 0.4) is 0 Å². The third-order valence-electron chi connectivity index (χ3n) is 7.47. The lowest BCUT2D eigenvalue weighted by atomic mass is 9.88. The summed E-state index contributed by atoms with van der Waals surface area (Å²) in [6, 6.07) is 8.20. The van der Waals surface area contributed by atoms with Crippen LogP contribution in [-0.2, 0) is 14.8 Å². The van der Waals surface area contributed by atoms with Crippen LogP contribution in [0.4, 0.5) is 0 Å². The average Bonchev–Trinajstić information content (AvgIpc) is 2.90. The van der Waals surface area contributed by atoms with Gasteiger partial charge in [0, 0.05) is 43.9 Å². The number of carbonyl (C=O) groups is 1. The lowest BCUT2D eigenvalue weighted by Gasteiger charge is -2.38. The Labute approximate surface area is 214 Å². The van der Waals surface area contributed by atoms with Gasteiger partial charge in [0.1, 0.15) is 16.7 Å². The Morgan fingerprint density at radius 3 is 2.53 bits per heavy atom. The zero-order valence-electron chi connectivity index (χ0n) is 21.3. The van der Waals surface area contributed by atoms with Crippen molar-refractivity contribution in [3.05, 3.63) is 42.7 Å². The van der Waals surface area contributed by atoms with E-state index in [4.69, 9.17) is 4.74 Å². The van der Waals surface area contributed by atoms with Crippen molar-refractivity contribution in [2.75, 3.05) is 26.7 Å². The first-order chi connectivity index (χ1) is 17.2. The van der Waals surface area contributed by atoms with Crippen LogP contribution in [0.1, 0.15) is 46.0 Å². The molecular formula is C27H37N3O5S. The van der Waals surface area contributed by atoms with Crippen molar-refractivity contribution in [3.8, 4) is 16.9 Å². The van der Waals surface area contributed by atoms with E-state index < -0.39 is 22.2 Å². The van der Waals surface area contributed by atoms with E-state index in [1.165, 1.54) is 10.7 Å². The fraction of sp³-hybridized carbons (Fsp3) is 0.556. The maximum absolute atomic E-state index is 13.7. The molecule has 1 amide bonds. The smallest absolute Gasteiger partial charge is 0.247 e. The van der Waals surface area contributed by atoms with Gasteiger partial charge >= 0.3 is 0 Å². The highest BCUT2D eigenvalue weighted by Crippen LogP contribution is 2.36. The molecule has 4 rings (SSSR count). The maximum Gasteiger partial charge on any atom is 0.247 e. The highest BCUT2D eigenvalue weighted by Gasteiger charge is 2.39. The maximum atomic E-state index is 13.7. The molecule has 8 nitrogen and oxygen atoms in total.